The van der Waals surface area contributed by atoms with Crippen LogP contribution in [0.2, 0.25) is 0 Å². The van der Waals surface area contributed by atoms with Crippen molar-refractivity contribution >= 4 is 16.7 Å². The largest absolute Gasteiger partial charge is 0.346 e. The summed E-state index contributed by atoms with van der Waals surface area (Å²) in [5, 5.41) is 1.08. The van der Waals surface area contributed by atoms with Crippen LogP contribution in [0.25, 0.3) is 0 Å². The molecule has 0 aromatic carbocycles. The van der Waals surface area contributed by atoms with Crippen molar-refractivity contribution in [3.05, 3.63) is 5.82 Å². The van der Waals surface area contributed by atoms with Gasteiger partial charge in [0.25, 0.3) is 0 Å². The van der Waals surface area contributed by atoms with Gasteiger partial charge in [-0.15, -0.1) is 0 Å². The van der Waals surface area contributed by atoms with Crippen LogP contribution in [-0.2, 0) is 0 Å². The molecule has 1 saturated heterocycles. The summed E-state index contributed by atoms with van der Waals surface area (Å²) in [5.74, 6) is 1.73. The summed E-state index contributed by atoms with van der Waals surface area (Å²) in [6.07, 6.45) is 0. The summed E-state index contributed by atoms with van der Waals surface area (Å²) in [7, 11) is 0. The number of aromatic nitrogens is 2. The number of nitrogens with zero attached hydrogens (tertiary/aromatic N) is 3. The van der Waals surface area contributed by atoms with Crippen molar-refractivity contribution in [2.75, 3.05) is 18.0 Å². The predicted octanol–water partition coefficient (Wildman–Crippen LogP) is 1.30. The Morgan fingerprint density at radius 1 is 1.55 bits per heavy atom. The Balaban J connectivity index is 2.07. The maximum absolute atomic E-state index is 4.30. The zero-order valence-electron chi connectivity index (χ0n) is 6.74. The molecular formula is C7H11N3S. The minimum atomic E-state index is 0.833. The summed E-state index contributed by atoms with van der Waals surface area (Å²) < 4.78 is 4.13. The molecule has 0 bridgehead atoms. The van der Waals surface area contributed by atoms with E-state index in [2.05, 4.69) is 21.2 Å². The average Bonchev–Trinajstić information content (AvgIpc) is 2.29. The van der Waals surface area contributed by atoms with E-state index in [9.17, 15) is 0 Å². The smallest absolute Gasteiger partial charge is 0.205 e. The number of rotatable bonds is 1. The number of anilines is 1. The van der Waals surface area contributed by atoms with Crippen LogP contribution in [0.5, 0.6) is 0 Å². The zero-order valence-corrected chi connectivity index (χ0v) is 7.56. The van der Waals surface area contributed by atoms with Gasteiger partial charge in [0.15, 0.2) is 0 Å². The molecule has 0 saturated carbocycles. The van der Waals surface area contributed by atoms with Crippen LogP contribution in [0, 0.1) is 12.8 Å². The second kappa shape index (κ2) is 2.44. The lowest BCUT2D eigenvalue weighted by molar-refractivity contribution is 0.446. The van der Waals surface area contributed by atoms with Crippen LogP contribution in [0.4, 0.5) is 5.13 Å². The van der Waals surface area contributed by atoms with E-state index in [1.54, 1.807) is 0 Å². The third-order valence-electron chi connectivity index (χ3n) is 1.85. The highest BCUT2D eigenvalue weighted by molar-refractivity contribution is 7.09. The normalized spacial score (nSPS) is 18.5. The van der Waals surface area contributed by atoms with E-state index >= 15 is 0 Å². The van der Waals surface area contributed by atoms with E-state index in [-0.39, 0.29) is 0 Å². The van der Waals surface area contributed by atoms with Gasteiger partial charge in [-0.25, -0.2) is 4.98 Å². The second-order valence-corrected chi connectivity index (χ2v) is 3.86. The molecule has 0 spiro atoms. The first-order chi connectivity index (χ1) is 5.25. The standard InChI is InChI=1S/C7H11N3S/c1-5-3-10(4-5)7-8-6(2)9-11-7/h5H,3-4H2,1-2H3. The predicted molar refractivity (Wildman–Crippen MR) is 46.0 cm³/mol. The van der Waals surface area contributed by atoms with E-state index in [1.165, 1.54) is 11.5 Å². The van der Waals surface area contributed by atoms with Gasteiger partial charge < -0.3 is 4.90 Å². The molecule has 1 aliphatic heterocycles. The molecule has 0 radical (unpaired) electrons. The minimum Gasteiger partial charge on any atom is -0.346 e. The number of hydrogen-bond acceptors (Lipinski definition) is 4. The molecule has 3 nitrogen and oxygen atoms in total. The second-order valence-electron chi connectivity index (χ2n) is 3.13. The highest BCUT2D eigenvalue weighted by Gasteiger charge is 2.24. The summed E-state index contributed by atoms with van der Waals surface area (Å²) in [4.78, 5) is 6.57. The lowest BCUT2D eigenvalue weighted by atomic mass is 10.0. The topological polar surface area (TPSA) is 29.0 Å². The molecular weight excluding hydrogens is 158 g/mol. The molecule has 4 heteroatoms. The van der Waals surface area contributed by atoms with Gasteiger partial charge in [0, 0.05) is 24.6 Å². The third-order valence-corrected chi connectivity index (χ3v) is 2.72. The van der Waals surface area contributed by atoms with Gasteiger partial charge in [-0.05, 0) is 12.8 Å². The molecule has 0 N–H and O–H groups in total. The molecule has 1 aliphatic rings. The highest BCUT2D eigenvalue weighted by atomic mass is 32.1. The van der Waals surface area contributed by atoms with Gasteiger partial charge in [-0.2, -0.15) is 4.37 Å². The van der Waals surface area contributed by atoms with Crippen molar-refractivity contribution in [2.24, 2.45) is 5.92 Å². The van der Waals surface area contributed by atoms with Gasteiger partial charge in [-0.3, -0.25) is 0 Å². The van der Waals surface area contributed by atoms with E-state index in [4.69, 9.17) is 0 Å². The van der Waals surface area contributed by atoms with Gasteiger partial charge in [0.2, 0.25) is 5.13 Å². The van der Waals surface area contributed by atoms with Crippen molar-refractivity contribution in [3.8, 4) is 0 Å². The summed E-state index contributed by atoms with van der Waals surface area (Å²) in [6, 6.07) is 0. The maximum Gasteiger partial charge on any atom is 0.205 e. The van der Waals surface area contributed by atoms with Crippen molar-refractivity contribution in [2.45, 2.75) is 13.8 Å². The Labute approximate surface area is 70.2 Å². The maximum atomic E-state index is 4.30. The SMILES string of the molecule is Cc1nsc(N2CC(C)C2)n1. The first-order valence-corrected chi connectivity index (χ1v) is 4.58. The fourth-order valence-electron chi connectivity index (χ4n) is 1.27. The van der Waals surface area contributed by atoms with Crippen LogP contribution in [0.1, 0.15) is 12.7 Å². The molecule has 0 unspecified atom stereocenters. The van der Waals surface area contributed by atoms with Gasteiger partial charge in [0.1, 0.15) is 5.82 Å². The fourth-order valence-corrected chi connectivity index (χ4v) is 1.96. The van der Waals surface area contributed by atoms with E-state index in [0.717, 1.165) is 30.0 Å². The Morgan fingerprint density at radius 3 is 2.73 bits per heavy atom. The van der Waals surface area contributed by atoms with Gasteiger partial charge in [0.05, 0.1) is 0 Å². The Hall–Kier alpha value is -0.640. The molecule has 0 atom stereocenters. The first kappa shape index (κ1) is 7.03. The number of hydrogen-bond donors (Lipinski definition) is 0. The van der Waals surface area contributed by atoms with Crippen LogP contribution in [-0.4, -0.2) is 22.4 Å². The van der Waals surface area contributed by atoms with Crippen LogP contribution >= 0.6 is 11.5 Å². The molecule has 0 amide bonds. The van der Waals surface area contributed by atoms with Crippen molar-refractivity contribution in [1.29, 1.82) is 0 Å². The Morgan fingerprint density at radius 2 is 2.27 bits per heavy atom. The van der Waals surface area contributed by atoms with E-state index in [0.29, 0.717) is 0 Å². The average molecular weight is 169 g/mol. The Bertz CT molecular complexity index is 252. The molecule has 1 aromatic rings. The summed E-state index contributed by atoms with van der Waals surface area (Å²) >= 11 is 1.50. The Kier molecular flexibility index (Phi) is 1.56. The molecule has 60 valence electrons. The molecule has 1 fully saturated rings. The lowest BCUT2D eigenvalue weighted by Crippen LogP contribution is -2.45. The van der Waals surface area contributed by atoms with Crippen LogP contribution in [0.15, 0.2) is 0 Å². The van der Waals surface area contributed by atoms with Crippen LogP contribution in [0.3, 0.4) is 0 Å². The fraction of sp³-hybridized carbons (Fsp3) is 0.714. The monoisotopic (exact) mass is 169 g/mol. The first-order valence-electron chi connectivity index (χ1n) is 3.81. The molecule has 1 aromatic heterocycles. The third kappa shape index (κ3) is 1.22. The van der Waals surface area contributed by atoms with Crippen molar-refractivity contribution < 1.29 is 0 Å². The molecule has 2 heterocycles. The van der Waals surface area contributed by atoms with Crippen molar-refractivity contribution in [3.63, 3.8) is 0 Å². The van der Waals surface area contributed by atoms with Crippen molar-refractivity contribution in [1.82, 2.24) is 9.36 Å². The highest BCUT2D eigenvalue weighted by Crippen LogP contribution is 2.25. The van der Waals surface area contributed by atoms with Crippen LogP contribution < -0.4 is 4.90 Å². The molecule has 0 aliphatic carbocycles. The minimum absolute atomic E-state index is 0.833. The summed E-state index contributed by atoms with van der Waals surface area (Å²) in [6.45, 7) is 6.48. The molecule has 11 heavy (non-hydrogen) atoms. The summed E-state index contributed by atoms with van der Waals surface area (Å²) in [5.41, 5.74) is 0. The van der Waals surface area contributed by atoms with E-state index < -0.39 is 0 Å². The quantitative estimate of drug-likeness (QED) is 0.634. The van der Waals surface area contributed by atoms with Gasteiger partial charge >= 0.3 is 0 Å². The zero-order chi connectivity index (χ0) is 7.84. The molecule has 2 rings (SSSR count). The van der Waals surface area contributed by atoms with Gasteiger partial charge in [-0.1, -0.05) is 6.92 Å². The number of aryl methyl sites for hydroxylation is 1. The lowest BCUT2D eigenvalue weighted by Gasteiger charge is -2.36. The van der Waals surface area contributed by atoms with E-state index in [1.807, 2.05) is 6.92 Å².